The highest BCUT2D eigenvalue weighted by Gasteiger charge is 2.40. The molecule has 3 nitrogen and oxygen atoms in total. The summed E-state index contributed by atoms with van der Waals surface area (Å²) < 4.78 is 12.2. The van der Waals surface area contributed by atoms with Crippen LogP contribution in [0.2, 0.25) is 0 Å². The van der Waals surface area contributed by atoms with Crippen LogP contribution in [-0.4, -0.2) is 37.5 Å². The summed E-state index contributed by atoms with van der Waals surface area (Å²) in [6.07, 6.45) is 12.6. The minimum Gasteiger partial charge on any atom is -0.378 e. The molecule has 2 aliphatic heterocycles. The van der Waals surface area contributed by atoms with Crippen LogP contribution < -0.4 is 5.32 Å². The van der Waals surface area contributed by atoms with E-state index in [1.807, 2.05) is 0 Å². The largest absolute Gasteiger partial charge is 0.378 e. The van der Waals surface area contributed by atoms with E-state index >= 15 is 0 Å². The Bertz CT molecular complexity index is 301. The Kier molecular flexibility index (Phi) is 5.00. The predicted octanol–water partition coefficient (Wildman–Crippen LogP) is 3.27. The third-order valence-corrected chi connectivity index (χ3v) is 5.63. The molecule has 0 aromatic heterocycles. The molecule has 3 atom stereocenters. The minimum atomic E-state index is 0.271. The Morgan fingerprint density at radius 2 is 1.90 bits per heavy atom. The summed E-state index contributed by atoms with van der Waals surface area (Å²) in [6, 6.07) is 0. The summed E-state index contributed by atoms with van der Waals surface area (Å²) in [5.41, 5.74) is 0.271. The van der Waals surface area contributed by atoms with Gasteiger partial charge in [-0.15, -0.1) is 0 Å². The molecular weight excluding hydrogens is 250 g/mol. The standard InChI is InChI=1S/C17H31NO2/c1-2-16-14(7-11-19-16)12-18-13-15-6-10-17(20-15)8-4-3-5-9-17/h14-16,18H,2-13H2,1H3. The number of ether oxygens (including phenoxy) is 2. The summed E-state index contributed by atoms with van der Waals surface area (Å²) in [7, 11) is 0. The number of nitrogens with one attached hydrogen (secondary N) is 1. The lowest BCUT2D eigenvalue weighted by molar-refractivity contribution is -0.0626. The molecule has 3 fully saturated rings. The van der Waals surface area contributed by atoms with E-state index in [9.17, 15) is 0 Å². The van der Waals surface area contributed by atoms with Gasteiger partial charge in [-0.3, -0.25) is 0 Å². The van der Waals surface area contributed by atoms with E-state index in [-0.39, 0.29) is 5.60 Å². The van der Waals surface area contributed by atoms with E-state index in [1.165, 1.54) is 51.4 Å². The Balaban J connectivity index is 1.37. The van der Waals surface area contributed by atoms with Gasteiger partial charge in [0.1, 0.15) is 0 Å². The first kappa shape index (κ1) is 14.8. The molecule has 2 saturated heterocycles. The highest BCUT2D eigenvalue weighted by atomic mass is 16.5. The van der Waals surface area contributed by atoms with Gasteiger partial charge in [0.25, 0.3) is 0 Å². The second-order valence-corrected chi connectivity index (χ2v) is 7.05. The van der Waals surface area contributed by atoms with Crippen molar-refractivity contribution in [1.82, 2.24) is 5.32 Å². The molecule has 0 radical (unpaired) electrons. The molecule has 3 unspecified atom stereocenters. The maximum absolute atomic E-state index is 6.41. The first-order chi connectivity index (χ1) is 9.81. The lowest BCUT2D eigenvalue weighted by Crippen LogP contribution is -2.36. The van der Waals surface area contributed by atoms with Crippen LogP contribution in [0.15, 0.2) is 0 Å². The van der Waals surface area contributed by atoms with Crippen molar-refractivity contribution >= 4 is 0 Å². The smallest absolute Gasteiger partial charge is 0.0708 e. The van der Waals surface area contributed by atoms with Crippen molar-refractivity contribution in [3.8, 4) is 0 Å². The Labute approximate surface area is 123 Å². The van der Waals surface area contributed by atoms with Crippen LogP contribution in [-0.2, 0) is 9.47 Å². The zero-order valence-corrected chi connectivity index (χ0v) is 13.0. The zero-order valence-electron chi connectivity index (χ0n) is 13.0. The first-order valence-electron chi connectivity index (χ1n) is 8.81. The van der Waals surface area contributed by atoms with Gasteiger partial charge in [0.2, 0.25) is 0 Å². The predicted molar refractivity (Wildman–Crippen MR) is 80.9 cm³/mol. The first-order valence-corrected chi connectivity index (χ1v) is 8.81. The molecule has 116 valence electrons. The summed E-state index contributed by atoms with van der Waals surface area (Å²) >= 11 is 0. The molecule has 1 N–H and O–H groups in total. The van der Waals surface area contributed by atoms with Crippen molar-refractivity contribution in [3.05, 3.63) is 0 Å². The molecule has 1 saturated carbocycles. The summed E-state index contributed by atoms with van der Waals surface area (Å²) in [5, 5.41) is 3.65. The molecule has 3 heteroatoms. The van der Waals surface area contributed by atoms with Crippen molar-refractivity contribution in [3.63, 3.8) is 0 Å². The zero-order chi connectivity index (χ0) is 13.8. The van der Waals surface area contributed by atoms with Gasteiger partial charge in [-0.1, -0.05) is 26.2 Å². The number of hydrogen-bond donors (Lipinski definition) is 1. The highest BCUT2D eigenvalue weighted by molar-refractivity contribution is 4.92. The maximum atomic E-state index is 6.41. The maximum Gasteiger partial charge on any atom is 0.0708 e. The second kappa shape index (κ2) is 6.76. The van der Waals surface area contributed by atoms with E-state index in [1.54, 1.807) is 0 Å². The third-order valence-electron chi connectivity index (χ3n) is 5.63. The molecule has 20 heavy (non-hydrogen) atoms. The van der Waals surface area contributed by atoms with Crippen LogP contribution in [0.4, 0.5) is 0 Å². The lowest BCUT2D eigenvalue weighted by atomic mass is 9.83. The molecule has 0 amide bonds. The highest BCUT2D eigenvalue weighted by Crippen LogP contribution is 2.41. The van der Waals surface area contributed by atoms with E-state index in [0.29, 0.717) is 18.1 Å². The van der Waals surface area contributed by atoms with E-state index < -0.39 is 0 Å². The normalized spacial score (nSPS) is 36.8. The molecule has 0 bridgehead atoms. The number of rotatable bonds is 5. The van der Waals surface area contributed by atoms with Gasteiger partial charge >= 0.3 is 0 Å². The Hall–Kier alpha value is -0.120. The summed E-state index contributed by atoms with van der Waals surface area (Å²) in [6.45, 7) is 5.32. The minimum absolute atomic E-state index is 0.271. The van der Waals surface area contributed by atoms with Crippen LogP contribution in [0.3, 0.4) is 0 Å². The van der Waals surface area contributed by atoms with Crippen molar-refractivity contribution in [2.45, 2.75) is 82.5 Å². The van der Waals surface area contributed by atoms with Crippen LogP contribution in [0.1, 0.15) is 64.7 Å². The monoisotopic (exact) mass is 281 g/mol. The Morgan fingerprint density at radius 3 is 2.70 bits per heavy atom. The van der Waals surface area contributed by atoms with E-state index in [2.05, 4.69) is 12.2 Å². The van der Waals surface area contributed by atoms with E-state index in [4.69, 9.17) is 9.47 Å². The fourth-order valence-electron chi connectivity index (χ4n) is 4.41. The van der Waals surface area contributed by atoms with Crippen molar-refractivity contribution < 1.29 is 9.47 Å². The molecule has 1 spiro atoms. The molecule has 1 aliphatic carbocycles. The van der Waals surface area contributed by atoms with Gasteiger partial charge in [-0.05, 0) is 44.4 Å². The average molecular weight is 281 g/mol. The molecule has 3 rings (SSSR count). The molecule has 0 aromatic rings. The third kappa shape index (κ3) is 3.37. The SMILES string of the molecule is CCC1OCCC1CNCC1CCC2(CCCCC2)O1. The van der Waals surface area contributed by atoms with Gasteiger partial charge in [0.15, 0.2) is 0 Å². The van der Waals surface area contributed by atoms with Gasteiger partial charge < -0.3 is 14.8 Å². The average Bonchev–Trinajstić information content (AvgIpc) is 3.07. The fourth-order valence-corrected chi connectivity index (χ4v) is 4.41. The van der Waals surface area contributed by atoms with Gasteiger partial charge in [0.05, 0.1) is 17.8 Å². The van der Waals surface area contributed by atoms with Crippen LogP contribution in [0.5, 0.6) is 0 Å². The molecule has 0 aromatic carbocycles. The molecule has 3 aliphatic rings. The second-order valence-electron chi connectivity index (χ2n) is 7.05. The van der Waals surface area contributed by atoms with Crippen LogP contribution in [0, 0.1) is 5.92 Å². The molecular formula is C17H31NO2. The van der Waals surface area contributed by atoms with Gasteiger partial charge in [0, 0.05) is 19.7 Å². The van der Waals surface area contributed by atoms with Crippen molar-refractivity contribution in [1.29, 1.82) is 0 Å². The van der Waals surface area contributed by atoms with Crippen LogP contribution in [0.25, 0.3) is 0 Å². The molecule has 2 heterocycles. The lowest BCUT2D eigenvalue weighted by Gasteiger charge is -2.33. The van der Waals surface area contributed by atoms with E-state index in [0.717, 1.165) is 26.1 Å². The summed E-state index contributed by atoms with van der Waals surface area (Å²) in [4.78, 5) is 0. The topological polar surface area (TPSA) is 30.5 Å². The Morgan fingerprint density at radius 1 is 1.05 bits per heavy atom. The number of hydrogen-bond acceptors (Lipinski definition) is 3. The van der Waals surface area contributed by atoms with Crippen molar-refractivity contribution in [2.75, 3.05) is 19.7 Å². The van der Waals surface area contributed by atoms with Gasteiger partial charge in [-0.2, -0.15) is 0 Å². The fraction of sp³-hybridized carbons (Fsp3) is 1.00. The van der Waals surface area contributed by atoms with Crippen LogP contribution >= 0.6 is 0 Å². The van der Waals surface area contributed by atoms with Crippen molar-refractivity contribution in [2.24, 2.45) is 5.92 Å². The quantitative estimate of drug-likeness (QED) is 0.839. The van der Waals surface area contributed by atoms with Gasteiger partial charge in [-0.25, -0.2) is 0 Å². The summed E-state index contributed by atoms with van der Waals surface area (Å²) in [5.74, 6) is 0.713.